The molecule has 0 bridgehead atoms. The van der Waals surface area contributed by atoms with Crippen molar-refractivity contribution in [2.45, 2.75) is 13.0 Å². The first kappa shape index (κ1) is 17.1. The number of pyridine rings is 1. The fourth-order valence-electron chi connectivity index (χ4n) is 1.71. The number of nitrogen functional groups attached to an aromatic ring is 1. The van der Waals surface area contributed by atoms with E-state index in [1.165, 1.54) is 31.3 Å². The molecule has 0 aliphatic carbocycles. The molecule has 1 heterocycles. The van der Waals surface area contributed by atoms with Crippen LogP contribution in [0, 0.1) is 0 Å². The van der Waals surface area contributed by atoms with Crippen LogP contribution >= 0.6 is 23.2 Å². The lowest BCUT2D eigenvalue weighted by Gasteiger charge is -2.14. The zero-order valence-corrected chi connectivity index (χ0v) is 13.6. The highest BCUT2D eigenvalue weighted by Gasteiger charge is 2.21. The standard InChI is InChI=1S/C15H13Cl2N3O3/c1-8(14(21)20-12-3-2-6-19-13(12)17)23-15(22)10-5-4-9(16)7-11(10)18/h2-8H,18H2,1H3,(H,20,21). The van der Waals surface area contributed by atoms with Crippen molar-refractivity contribution >= 4 is 46.5 Å². The Labute approximate surface area is 142 Å². The van der Waals surface area contributed by atoms with Gasteiger partial charge in [-0.3, -0.25) is 4.79 Å². The number of benzene rings is 1. The third kappa shape index (κ3) is 4.34. The van der Waals surface area contributed by atoms with Gasteiger partial charge in [-0.15, -0.1) is 0 Å². The fourth-order valence-corrected chi connectivity index (χ4v) is 2.06. The largest absolute Gasteiger partial charge is 0.449 e. The summed E-state index contributed by atoms with van der Waals surface area (Å²) in [4.78, 5) is 27.9. The highest BCUT2D eigenvalue weighted by molar-refractivity contribution is 6.32. The van der Waals surface area contributed by atoms with Gasteiger partial charge in [0.05, 0.1) is 11.3 Å². The summed E-state index contributed by atoms with van der Waals surface area (Å²) in [5, 5.41) is 3.07. The van der Waals surface area contributed by atoms with Gasteiger partial charge in [0.1, 0.15) is 0 Å². The number of nitrogens with zero attached hydrogens (tertiary/aromatic N) is 1. The summed E-state index contributed by atoms with van der Waals surface area (Å²) in [7, 11) is 0. The van der Waals surface area contributed by atoms with Crippen molar-refractivity contribution in [3.63, 3.8) is 0 Å². The average molecular weight is 354 g/mol. The summed E-state index contributed by atoms with van der Waals surface area (Å²) in [6.45, 7) is 1.43. The van der Waals surface area contributed by atoms with Crippen LogP contribution in [0.4, 0.5) is 11.4 Å². The van der Waals surface area contributed by atoms with Crippen LogP contribution in [0.25, 0.3) is 0 Å². The van der Waals surface area contributed by atoms with Gasteiger partial charge in [-0.1, -0.05) is 23.2 Å². The number of ether oxygens (including phenoxy) is 1. The monoisotopic (exact) mass is 353 g/mol. The molecule has 0 saturated carbocycles. The number of esters is 1. The smallest absolute Gasteiger partial charge is 0.341 e. The Balaban J connectivity index is 2.03. The van der Waals surface area contributed by atoms with Crippen molar-refractivity contribution in [1.82, 2.24) is 4.98 Å². The molecule has 1 aromatic carbocycles. The lowest BCUT2D eigenvalue weighted by Crippen LogP contribution is -2.30. The fraction of sp³-hybridized carbons (Fsp3) is 0.133. The molecule has 0 radical (unpaired) electrons. The zero-order chi connectivity index (χ0) is 17.0. The van der Waals surface area contributed by atoms with Gasteiger partial charge in [0.2, 0.25) is 0 Å². The van der Waals surface area contributed by atoms with E-state index in [9.17, 15) is 9.59 Å². The van der Waals surface area contributed by atoms with E-state index in [1.807, 2.05) is 0 Å². The van der Waals surface area contributed by atoms with Crippen LogP contribution in [-0.4, -0.2) is 23.0 Å². The summed E-state index contributed by atoms with van der Waals surface area (Å²) in [5.74, 6) is -1.26. The summed E-state index contributed by atoms with van der Waals surface area (Å²) in [5.41, 5.74) is 6.34. The molecule has 0 fully saturated rings. The molecule has 6 nitrogen and oxygen atoms in total. The molecule has 23 heavy (non-hydrogen) atoms. The summed E-state index contributed by atoms with van der Waals surface area (Å²) >= 11 is 11.6. The molecule has 8 heteroatoms. The number of hydrogen-bond donors (Lipinski definition) is 2. The predicted molar refractivity (Wildman–Crippen MR) is 88.6 cm³/mol. The van der Waals surface area contributed by atoms with Gasteiger partial charge in [-0.05, 0) is 37.3 Å². The number of nitrogens with one attached hydrogen (secondary N) is 1. The minimum Gasteiger partial charge on any atom is -0.449 e. The number of carbonyl (C=O) groups is 2. The van der Waals surface area contributed by atoms with E-state index in [-0.39, 0.29) is 16.4 Å². The minimum absolute atomic E-state index is 0.133. The number of nitrogens with two attached hydrogens (primary N) is 1. The second-order valence-corrected chi connectivity index (χ2v) is 5.40. The quantitative estimate of drug-likeness (QED) is 0.500. The van der Waals surface area contributed by atoms with Crippen molar-refractivity contribution in [3.05, 3.63) is 52.3 Å². The first-order valence-corrected chi connectivity index (χ1v) is 7.31. The number of aromatic nitrogens is 1. The number of carbonyl (C=O) groups excluding carboxylic acids is 2. The average Bonchev–Trinajstić information content (AvgIpc) is 2.49. The van der Waals surface area contributed by atoms with Gasteiger partial charge in [-0.25, -0.2) is 9.78 Å². The van der Waals surface area contributed by atoms with Crippen LogP contribution in [0.1, 0.15) is 17.3 Å². The third-order valence-corrected chi connectivity index (χ3v) is 3.44. The second kappa shape index (κ2) is 7.30. The molecule has 120 valence electrons. The number of hydrogen-bond acceptors (Lipinski definition) is 5. The number of amides is 1. The van der Waals surface area contributed by atoms with Gasteiger partial charge in [0, 0.05) is 16.9 Å². The molecule has 3 N–H and O–H groups in total. The van der Waals surface area contributed by atoms with E-state index in [0.717, 1.165) is 0 Å². The number of anilines is 2. The van der Waals surface area contributed by atoms with Crippen LogP contribution in [0.2, 0.25) is 10.2 Å². The molecule has 0 saturated heterocycles. The Kier molecular flexibility index (Phi) is 5.41. The Morgan fingerprint density at radius 2 is 2.04 bits per heavy atom. The van der Waals surface area contributed by atoms with Crippen LogP contribution in [0.5, 0.6) is 0 Å². The SMILES string of the molecule is CC(OC(=O)c1ccc(Cl)cc1N)C(=O)Nc1cccnc1Cl. The molecule has 2 rings (SSSR count). The highest BCUT2D eigenvalue weighted by atomic mass is 35.5. The highest BCUT2D eigenvalue weighted by Crippen LogP contribution is 2.20. The van der Waals surface area contributed by atoms with Crippen LogP contribution in [0.15, 0.2) is 36.5 Å². The summed E-state index contributed by atoms with van der Waals surface area (Å²) in [6.07, 6.45) is 0.443. The molecule has 2 aromatic rings. The van der Waals surface area contributed by atoms with Crippen LogP contribution in [-0.2, 0) is 9.53 Å². The maximum absolute atomic E-state index is 12.0. The Hall–Kier alpha value is -2.31. The molecule has 0 aliphatic rings. The van der Waals surface area contributed by atoms with Crippen molar-refractivity contribution in [2.75, 3.05) is 11.1 Å². The van der Waals surface area contributed by atoms with Crippen molar-refractivity contribution in [3.8, 4) is 0 Å². The lowest BCUT2D eigenvalue weighted by atomic mass is 10.2. The van der Waals surface area contributed by atoms with E-state index < -0.39 is 18.0 Å². The Bertz CT molecular complexity index is 752. The number of halogens is 2. The van der Waals surface area contributed by atoms with Crippen LogP contribution < -0.4 is 11.1 Å². The lowest BCUT2D eigenvalue weighted by molar-refractivity contribution is -0.123. The second-order valence-electron chi connectivity index (χ2n) is 4.61. The van der Waals surface area contributed by atoms with Gasteiger partial charge in [0.15, 0.2) is 11.3 Å². The van der Waals surface area contributed by atoms with Crippen molar-refractivity contribution < 1.29 is 14.3 Å². The topological polar surface area (TPSA) is 94.3 Å². The first-order valence-electron chi connectivity index (χ1n) is 6.56. The van der Waals surface area contributed by atoms with E-state index >= 15 is 0 Å². The molecule has 1 amide bonds. The van der Waals surface area contributed by atoms with E-state index in [2.05, 4.69) is 10.3 Å². The molecule has 0 aliphatic heterocycles. The van der Waals surface area contributed by atoms with Gasteiger partial charge in [0.25, 0.3) is 5.91 Å². The maximum Gasteiger partial charge on any atom is 0.341 e. The molecule has 1 atom stereocenters. The van der Waals surface area contributed by atoms with Crippen LogP contribution in [0.3, 0.4) is 0 Å². The summed E-state index contributed by atoms with van der Waals surface area (Å²) < 4.78 is 5.09. The predicted octanol–water partition coefficient (Wildman–Crippen LogP) is 3.15. The van der Waals surface area contributed by atoms with Crippen molar-refractivity contribution in [2.24, 2.45) is 0 Å². The Morgan fingerprint density at radius 3 is 2.70 bits per heavy atom. The van der Waals surface area contributed by atoms with Gasteiger partial charge < -0.3 is 15.8 Å². The molecule has 1 unspecified atom stereocenters. The third-order valence-electron chi connectivity index (χ3n) is 2.90. The molecule has 1 aromatic heterocycles. The van der Waals surface area contributed by atoms with E-state index in [4.69, 9.17) is 33.7 Å². The zero-order valence-electron chi connectivity index (χ0n) is 12.0. The first-order chi connectivity index (χ1) is 10.9. The molecular weight excluding hydrogens is 341 g/mol. The molecule has 0 spiro atoms. The Morgan fingerprint density at radius 1 is 1.30 bits per heavy atom. The van der Waals surface area contributed by atoms with Gasteiger partial charge >= 0.3 is 5.97 Å². The maximum atomic E-state index is 12.0. The van der Waals surface area contributed by atoms with Crippen molar-refractivity contribution in [1.29, 1.82) is 0 Å². The van der Waals surface area contributed by atoms with Gasteiger partial charge in [-0.2, -0.15) is 0 Å². The van der Waals surface area contributed by atoms with E-state index in [0.29, 0.717) is 10.7 Å². The molecular formula is C15H13Cl2N3O3. The number of rotatable bonds is 4. The minimum atomic E-state index is -1.05. The summed E-state index contributed by atoms with van der Waals surface area (Å²) in [6, 6.07) is 7.57. The van der Waals surface area contributed by atoms with E-state index in [1.54, 1.807) is 12.1 Å². The normalized spacial score (nSPS) is 11.6.